The topological polar surface area (TPSA) is 117 Å². The number of aromatic amines is 1. The molecule has 2 N–H and O–H groups in total. The van der Waals surface area contributed by atoms with E-state index in [0.717, 1.165) is 11.9 Å². The van der Waals surface area contributed by atoms with Crippen molar-refractivity contribution in [3.8, 4) is 11.9 Å². The van der Waals surface area contributed by atoms with E-state index in [-0.39, 0.29) is 5.92 Å². The Bertz CT molecular complexity index is 892. The number of nitrogens with zero attached hydrogens (tertiary/aromatic N) is 6. The van der Waals surface area contributed by atoms with Gasteiger partial charge in [0.25, 0.3) is 0 Å². The van der Waals surface area contributed by atoms with Crippen LogP contribution in [-0.2, 0) is 6.54 Å². The van der Waals surface area contributed by atoms with Gasteiger partial charge in [-0.05, 0) is 12.3 Å². The first-order chi connectivity index (χ1) is 11.3. The summed E-state index contributed by atoms with van der Waals surface area (Å²) in [5.74, 6) is 2.22. The van der Waals surface area contributed by atoms with E-state index in [1.165, 1.54) is 0 Å². The number of anilines is 2. The molecule has 0 radical (unpaired) electrons. The molecule has 1 unspecified atom stereocenters. The minimum atomic E-state index is 0.139. The molecule has 0 saturated heterocycles. The molecule has 3 aromatic heterocycles. The quantitative estimate of drug-likeness (QED) is 0.732. The van der Waals surface area contributed by atoms with Crippen LogP contribution in [0.2, 0.25) is 0 Å². The lowest BCUT2D eigenvalue weighted by Gasteiger charge is -2.04. The fourth-order valence-electron chi connectivity index (χ4n) is 2.48. The SMILES string of the molecule is COc1cc(Nc2cnc3cnn(C[C@H]4CC4C#N)c3n2)n[nH]1. The average molecular weight is 310 g/mol. The highest BCUT2D eigenvalue weighted by molar-refractivity contribution is 5.71. The summed E-state index contributed by atoms with van der Waals surface area (Å²) in [4.78, 5) is 8.90. The maximum Gasteiger partial charge on any atom is 0.210 e. The van der Waals surface area contributed by atoms with Crippen LogP contribution in [0, 0.1) is 23.2 Å². The van der Waals surface area contributed by atoms with Gasteiger partial charge in [-0.1, -0.05) is 0 Å². The largest absolute Gasteiger partial charge is 0.481 e. The molecule has 23 heavy (non-hydrogen) atoms. The first-order valence-corrected chi connectivity index (χ1v) is 7.21. The number of methoxy groups -OCH3 is 1. The van der Waals surface area contributed by atoms with Crippen LogP contribution in [0.4, 0.5) is 11.6 Å². The summed E-state index contributed by atoms with van der Waals surface area (Å²) in [6, 6.07) is 4.02. The number of aromatic nitrogens is 6. The predicted molar refractivity (Wildman–Crippen MR) is 81.0 cm³/mol. The summed E-state index contributed by atoms with van der Waals surface area (Å²) < 4.78 is 6.85. The molecule has 0 aromatic carbocycles. The zero-order valence-corrected chi connectivity index (χ0v) is 12.4. The van der Waals surface area contributed by atoms with E-state index < -0.39 is 0 Å². The van der Waals surface area contributed by atoms with Gasteiger partial charge >= 0.3 is 0 Å². The molecule has 0 spiro atoms. The van der Waals surface area contributed by atoms with E-state index in [0.29, 0.717) is 35.6 Å². The van der Waals surface area contributed by atoms with Gasteiger partial charge < -0.3 is 10.1 Å². The number of hydrogen-bond donors (Lipinski definition) is 2. The predicted octanol–water partition coefficient (Wildman–Crippen LogP) is 1.46. The maximum atomic E-state index is 8.91. The lowest BCUT2D eigenvalue weighted by atomic mass is 10.3. The van der Waals surface area contributed by atoms with Crippen molar-refractivity contribution < 1.29 is 4.74 Å². The number of H-pyrrole nitrogens is 1. The van der Waals surface area contributed by atoms with Gasteiger partial charge in [0.15, 0.2) is 17.3 Å². The van der Waals surface area contributed by atoms with Crippen molar-refractivity contribution in [2.24, 2.45) is 11.8 Å². The van der Waals surface area contributed by atoms with Gasteiger partial charge in [-0.25, -0.2) is 19.7 Å². The van der Waals surface area contributed by atoms with Crippen LogP contribution >= 0.6 is 0 Å². The molecule has 4 rings (SSSR count). The fraction of sp³-hybridized carbons (Fsp3) is 0.357. The van der Waals surface area contributed by atoms with Crippen molar-refractivity contribution >= 4 is 22.8 Å². The normalized spacial score (nSPS) is 19.5. The smallest absolute Gasteiger partial charge is 0.210 e. The molecule has 1 aliphatic rings. The van der Waals surface area contributed by atoms with Gasteiger partial charge in [0.1, 0.15) is 5.52 Å². The zero-order valence-electron chi connectivity index (χ0n) is 12.4. The summed E-state index contributed by atoms with van der Waals surface area (Å²) in [5, 5.41) is 23.1. The van der Waals surface area contributed by atoms with Crippen molar-refractivity contribution in [1.82, 2.24) is 29.9 Å². The second-order valence-corrected chi connectivity index (χ2v) is 5.47. The minimum absolute atomic E-state index is 0.139. The van der Waals surface area contributed by atoms with Crippen LogP contribution in [0.15, 0.2) is 18.5 Å². The third-order valence-corrected chi connectivity index (χ3v) is 3.87. The van der Waals surface area contributed by atoms with Crippen molar-refractivity contribution in [2.45, 2.75) is 13.0 Å². The molecule has 1 fully saturated rings. The Kier molecular flexibility index (Phi) is 3.08. The fourth-order valence-corrected chi connectivity index (χ4v) is 2.48. The number of nitriles is 1. The molecule has 9 heteroatoms. The van der Waals surface area contributed by atoms with Crippen molar-refractivity contribution in [1.29, 1.82) is 5.26 Å². The maximum absolute atomic E-state index is 8.91. The van der Waals surface area contributed by atoms with Crippen LogP contribution in [0.3, 0.4) is 0 Å². The zero-order chi connectivity index (χ0) is 15.8. The third kappa shape index (κ3) is 2.55. The molecule has 3 aromatic rings. The Morgan fingerprint density at radius 2 is 2.39 bits per heavy atom. The number of nitrogens with one attached hydrogen (secondary N) is 2. The van der Waals surface area contributed by atoms with E-state index in [9.17, 15) is 0 Å². The van der Waals surface area contributed by atoms with Gasteiger partial charge in [-0.3, -0.25) is 0 Å². The van der Waals surface area contributed by atoms with Gasteiger partial charge in [0, 0.05) is 12.6 Å². The second-order valence-electron chi connectivity index (χ2n) is 5.47. The minimum Gasteiger partial charge on any atom is -0.481 e. The molecule has 0 amide bonds. The highest BCUT2D eigenvalue weighted by Gasteiger charge is 2.37. The van der Waals surface area contributed by atoms with Gasteiger partial charge in [0.2, 0.25) is 5.88 Å². The molecule has 0 bridgehead atoms. The van der Waals surface area contributed by atoms with E-state index >= 15 is 0 Å². The Balaban J connectivity index is 1.57. The summed E-state index contributed by atoms with van der Waals surface area (Å²) in [5.41, 5.74) is 1.42. The summed E-state index contributed by atoms with van der Waals surface area (Å²) in [7, 11) is 1.56. The summed E-state index contributed by atoms with van der Waals surface area (Å²) in [6.45, 7) is 0.691. The number of fused-ring (bicyclic) bond motifs is 1. The standard InChI is InChI=1S/C14H14N8O/c1-23-13-3-11(20-21-13)18-12-6-16-10-5-17-22(14(10)19-12)7-9-2-8(9)4-15/h3,5-6,8-9H,2,7H2,1H3,(H2,18,19,20,21)/t8?,9-/m1/s1. The second kappa shape index (κ2) is 5.24. The molecule has 9 nitrogen and oxygen atoms in total. The molecule has 1 saturated carbocycles. The van der Waals surface area contributed by atoms with Crippen LogP contribution in [0.1, 0.15) is 6.42 Å². The van der Waals surface area contributed by atoms with E-state index in [1.54, 1.807) is 30.3 Å². The summed E-state index contributed by atoms with van der Waals surface area (Å²) >= 11 is 0. The Morgan fingerprint density at radius 3 is 3.13 bits per heavy atom. The van der Waals surface area contributed by atoms with Crippen LogP contribution in [-0.4, -0.2) is 37.1 Å². The van der Waals surface area contributed by atoms with E-state index in [4.69, 9.17) is 10.00 Å². The highest BCUT2D eigenvalue weighted by Crippen LogP contribution is 2.39. The van der Waals surface area contributed by atoms with Gasteiger partial charge in [0.05, 0.1) is 31.5 Å². The van der Waals surface area contributed by atoms with Crippen LogP contribution < -0.4 is 10.1 Å². The first kappa shape index (κ1) is 13.5. The van der Waals surface area contributed by atoms with Crippen LogP contribution in [0.25, 0.3) is 11.2 Å². The van der Waals surface area contributed by atoms with Crippen molar-refractivity contribution in [3.63, 3.8) is 0 Å². The molecular weight excluding hydrogens is 296 g/mol. The van der Waals surface area contributed by atoms with Gasteiger partial charge in [-0.15, -0.1) is 0 Å². The number of ether oxygens (including phenoxy) is 1. The van der Waals surface area contributed by atoms with E-state index in [1.807, 2.05) is 0 Å². The summed E-state index contributed by atoms with van der Waals surface area (Å²) in [6.07, 6.45) is 4.24. The lowest BCUT2D eigenvalue weighted by molar-refractivity contribution is 0.397. The molecule has 116 valence electrons. The monoisotopic (exact) mass is 310 g/mol. The number of rotatable bonds is 5. The van der Waals surface area contributed by atoms with E-state index in [2.05, 4.69) is 36.7 Å². The average Bonchev–Trinajstić information content (AvgIpc) is 2.97. The van der Waals surface area contributed by atoms with Gasteiger partial charge in [-0.2, -0.15) is 15.5 Å². The molecule has 0 aliphatic heterocycles. The van der Waals surface area contributed by atoms with Crippen molar-refractivity contribution in [3.05, 3.63) is 18.5 Å². The van der Waals surface area contributed by atoms with Crippen molar-refractivity contribution in [2.75, 3.05) is 12.4 Å². The van der Waals surface area contributed by atoms with Crippen LogP contribution in [0.5, 0.6) is 5.88 Å². The third-order valence-electron chi connectivity index (χ3n) is 3.87. The molecular formula is C14H14N8O. The molecule has 2 atom stereocenters. The Hall–Kier alpha value is -3.15. The molecule has 1 aliphatic carbocycles. The first-order valence-electron chi connectivity index (χ1n) is 7.21. The lowest BCUT2D eigenvalue weighted by Crippen LogP contribution is -2.05. The number of hydrogen-bond acceptors (Lipinski definition) is 7. The Labute approximate surface area is 131 Å². The highest BCUT2D eigenvalue weighted by atomic mass is 16.5. The molecule has 3 heterocycles. The Morgan fingerprint density at radius 1 is 1.48 bits per heavy atom.